The Labute approximate surface area is 89.1 Å². The summed E-state index contributed by atoms with van der Waals surface area (Å²) in [5.41, 5.74) is 1.05. The number of carbonyl (C=O) groups excluding carboxylic acids is 2. The van der Waals surface area contributed by atoms with Crippen LogP contribution in [0.1, 0.15) is 24.8 Å². The lowest BCUT2D eigenvalue weighted by Gasteiger charge is -2.03. The molecule has 80 valence electrons. The average Bonchev–Trinajstić information content (AvgIpc) is 2.18. The lowest BCUT2D eigenvalue weighted by molar-refractivity contribution is -0.134. The van der Waals surface area contributed by atoms with Gasteiger partial charge in [-0.2, -0.15) is 0 Å². The third-order valence-corrected chi connectivity index (χ3v) is 1.92. The van der Waals surface area contributed by atoms with Crippen molar-refractivity contribution < 1.29 is 14.3 Å². The fourth-order valence-electron chi connectivity index (χ4n) is 1.19. The maximum Gasteiger partial charge on any atom is 0.311 e. The van der Waals surface area contributed by atoms with E-state index in [4.69, 9.17) is 4.74 Å². The summed E-state index contributed by atoms with van der Waals surface area (Å²) in [6, 6.07) is 7.31. The van der Waals surface area contributed by atoms with Crippen LogP contribution in [0.3, 0.4) is 0 Å². The van der Waals surface area contributed by atoms with Crippen LogP contribution < -0.4 is 4.74 Å². The molecule has 0 spiro atoms. The normalized spacial score (nSPS) is 9.67. The third-order valence-electron chi connectivity index (χ3n) is 1.92. The van der Waals surface area contributed by atoms with Crippen molar-refractivity contribution in [3.63, 3.8) is 0 Å². The van der Waals surface area contributed by atoms with Crippen molar-refractivity contribution in [2.24, 2.45) is 0 Å². The summed E-state index contributed by atoms with van der Waals surface area (Å²) in [6.07, 6.45) is 2.05. The molecule has 3 nitrogen and oxygen atoms in total. The number of carbonyl (C=O) groups is 2. The Balaban J connectivity index is 2.40. The highest BCUT2D eigenvalue weighted by Crippen LogP contribution is 2.13. The molecule has 1 aromatic carbocycles. The van der Waals surface area contributed by atoms with Gasteiger partial charge in [0, 0.05) is 12.8 Å². The van der Waals surface area contributed by atoms with E-state index in [0.717, 1.165) is 11.8 Å². The van der Waals surface area contributed by atoms with Crippen molar-refractivity contribution >= 4 is 12.3 Å². The van der Waals surface area contributed by atoms with E-state index in [9.17, 15) is 9.59 Å². The van der Waals surface area contributed by atoms with Gasteiger partial charge in [-0.15, -0.1) is 0 Å². The first-order valence-corrected chi connectivity index (χ1v) is 4.93. The van der Waals surface area contributed by atoms with Crippen LogP contribution in [0.15, 0.2) is 24.3 Å². The zero-order valence-electron chi connectivity index (χ0n) is 8.73. The summed E-state index contributed by atoms with van der Waals surface area (Å²) in [4.78, 5) is 21.3. The smallest absolute Gasteiger partial charge is 0.311 e. The second-order valence-corrected chi connectivity index (χ2v) is 3.35. The number of aldehydes is 1. The fourth-order valence-corrected chi connectivity index (χ4v) is 1.19. The fraction of sp³-hybridized carbons (Fsp3) is 0.333. The van der Waals surface area contributed by atoms with E-state index in [1.54, 1.807) is 12.1 Å². The summed E-state index contributed by atoms with van der Waals surface area (Å²) in [7, 11) is 0. The lowest BCUT2D eigenvalue weighted by Crippen LogP contribution is -2.07. The molecule has 0 unspecified atom stereocenters. The number of benzene rings is 1. The predicted molar refractivity (Wildman–Crippen MR) is 56.7 cm³/mol. The van der Waals surface area contributed by atoms with Crippen LogP contribution in [0.25, 0.3) is 0 Å². The molecule has 0 aliphatic carbocycles. The third kappa shape index (κ3) is 4.40. The van der Waals surface area contributed by atoms with E-state index in [1.807, 2.05) is 19.1 Å². The van der Waals surface area contributed by atoms with Crippen LogP contribution in [-0.4, -0.2) is 12.3 Å². The minimum Gasteiger partial charge on any atom is -0.427 e. The SMILES string of the molecule is Cc1cccc(OC(=O)CCCC=O)c1. The van der Waals surface area contributed by atoms with Crippen LogP contribution in [0.2, 0.25) is 0 Å². The van der Waals surface area contributed by atoms with Crippen molar-refractivity contribution in [1.29, 1.82) is 0 Å². The minimum atomic E-state index is -0.289. The highest BCUT2D eigenvalue weighted by molar-refractivity contribution is 5.72. The maximum absolute atomic E-state index is 11.3. The molecule has 0 bridgehead atoms. The van der Waals surface area contributed by atoms with E-state index in [-0.39, 0.29) is 12.4 Å². The van der Waals surface area contributed by atoms with Gasteiger partial charge in [-0.05, 0) is 31.0 Å². The van der Waals surface area contributed by atoms with Crippen molar-refractivity contribution in [2.75, 3.05) is 0 Å². The molecule has 0 aliphatic heterocycles. The van der Waals surface area contributed by atoms with Crippen LogP contribution in [-0.2, 0) is 9.59 Å². The summed E-state index contributed by atoms with van der Waals surface area (Å²) in [6.45, 7) is 1.93. The van der Waals surface area contributed by atoms with Gasteiger partial charge in [0.1, 0.15) is 12.0 Å². The van der Waals surface area contributed by atoms with Crippen LogP contribution in [0, 0.1) is 6.92 Å². The topological polar surface area (TPSA) is 43.4 Å². The Morgan fingerprint density at radius 3 is 2.93 bits per heavy atom. The molecule has 0 amide bonds. The number of hydrogen-bond donors (Lipinski definition) is 0. The summed E-state index contributed by atoms with van der Waals surface area (Å²) < 4.78 is 5.09. The maximum atomic E-state index is 11.3. The monoisotopic (exact) mass is 206 g/mol. The first kappa shape index (κ1) is 11.4. The molecule has 0 aliphatic rings. The van der Waals surface area contributed by atoms with Gasteiger partial charge in [0.25, 0.3) is 0 Å². The number of aryl methyl sites for hydroxylation is 1. The Morgan fingerprint density at radius 1 is 1.47 bits per heavy atom. The quantitative estimate of drug-likeness (QED) is 0.321. The van der Waals surface area contributed by atoms with Gasteiger partial charge in [0.15, 0.2) is 0 Å². The van der Waals surface area contributed by atoms with Gasteiger partial charge in [0.05, 0.1) is 0 Å². The molecule has 0 N–H and O–H groups in total. The molecule has 15 heavy (non-hydrogen) atoms. The number of hydrogen-bond acceptors (Lipinski definition) is 3. The zero-order valence-corrected chi connectivity index (χ0v) is 8.73. The van der Waals surface area contributed by atoms with E-state index in [0.29, 0.717) is 18.6 Å². The van der Waals surface area contributed by atoms with Gasteiger partial charge in [-0.25, -0.2) is 0 Å². The summed E-state index contributed by atoms with van der Waals surface area (Å²) in [5, 5.41) is 0. The largest absolute Gasteiger partial charge is 0.427 e. The molecule has 3 heteroatoms. The van der Waals surface area contributed by atoms with Crippen molar-refractivity contribution in [2.45, 2.75) is 26.2 Å². The molecule has 1 rings (SSSR count). The van der Waals surface area contributed by atoms with E-state index in [2.05, 4.69) is 0 Å². The van der Waals surface area contributed by atoms with Gasteiger partial charge in [0.2, 0.25) is 0 Å². The van der Waals surface area contributed by atoms with E-state index < -0.39 is 0 Å². The number of rotatable bonds is 5. The second kappa shape index (κ2) is 5.96. The standard InChI is InChI=1S/C12H14O3/c1-10-5-4-6-11(9-10)15-12(14)7-2-3-8-13/h4-6,8-9H,2-3,7H2,1H3. The molecule has 1 aromatic rings. The predicted octanol–water partition coefficient (Wildman–Crippen LogP) is 2.27. The van der Waals surface area contributed by atoms with Crippen molar-refractivity contribution in [1.82, 2.24) is 0 Å². The zero-order chi connectivity index (χ0) is 11.1. The number of unbranched alkanes of at least 4 members (excludes halogenated alkanes) is 1. The molecule has 0 fully saturated rings. The molecule has 0 radical (unpaired) electrons. The van der Waals surface area contributed by atoms with Gasteiger partial charge in [-0.1, -0.05) is 12.1 Å². The first-order valence-electron chi connectivity index (χ1n) is 4.93. The minimum absolute atomic E-state index is 0.284. The summed E-state index contributed by atoms with van der Waals surface area (Å²) in [5.74, 6) is 0.272. The Morgan fingerprint density at radius 2 is 2.27 bits per heavy atom. The molecule has 0 heterocycles. The Bertz CT molecular complexity index is 344. The molecule has 0 aromatic heterocycles. The molecule has 0 saturated heterocycles. The van der Waals surface area contributed by atoms with Crippen LogP contribution in [0.4, 0.5) is 0 Å². The number of esters is 1. The molecular formula is C12H14O3. The van der Waals surface area contributed by atoms with E-state index >= 15 is 0 Å². The van der Waals surface area contributed by atoms with Gasteiger partial charge in [-0.3, -0.25) is 4.79 Å². The summed E-state index contributed by atoms with van der Waals surface area (Å²) >= 11 is 0. The lowest BCUT2D eigenvalue weighted by atomic mass is 10.2. The average molecular weight is 206 g/mol. The van der Waals surface area contributed by atoms with E-state index in [1.165, 1.54) is 0 Å². The molecule has 0 atom stereocenters. The van der Waals surface area contributed by atoms with Crippen molar-refractivity contribution in [3.05, 3.63) is 29.8 Å². The number of ether oxygens (including phenoxy) is 1. The molecular weight excluding hydrogens is 192 g/mol. The Kier molecular flexibility index (Phi) is 4.54. The molecule has 0 saturated carbocycles. The first-order chi connectivity index (χ1) is 7.22. The highest BCUT2D eigenvalue weighted by atomic mass is 16.5. The van der Waals surface area contributed by atoms with Gasteiger partial charge >= 0.3 is 5.97 Å². The van der Waals surface area contributed by atoms with Crippen molar-refractivity contribution in [3.8, 4) is 5.75 Å². The van der Waals surface area contributed by atoms with Crippen LogP contribution >= 0.6 is 0 Å². The second-order valence-electron chi connectivity index (χ2n) is 3.35. The van der Waals surface area contributed by atoms with Crippen LogP contribution in [0.5, 0.6) is 5.75 Å². The van der Waals surface area contributed by atoms with Gasteiger partial charge < -0.3 is 9.53 Å². The highest BCUT2D eigenvalue weighted by Gasteiger charge is 2.03. The Hall–Kier alpha value is -1.64.